The first kappa shape index (κ1) is 14.4. The van der Waals surface area contributed by atoms with E-state index >= 15 is 0 Å². The van der Waals surface area contributed by atoms with Gasteiger partial charge in [-0.05, 0) is 40.4 Å². The molecule has 4 nitrogen and oxygen atoms in total. The van der Waals surface area contributed by atoms with Crippen LogP contribution in [-0.4, -0.2) is 49.2 Å². The fourth-order valence-electron chi connectivity index (χ4n) is 1.54. The van der Waals surface area contributed by atoms with Gasteiger partial charge >= 0.3 is 5.97 Å². The second kappa shape index (κ2) is 8.68. The molecule has 4 heteroatoms. The summed E-state index contributed by atoms with van der Waals surface area (Å²) in [5, 5.41) is 11.8. The lowest BCUT2D eigenvalue weighted by molar-refractivity contribution is -0.137. The number of aliphatic carboxylic acids is 1. The van der Waals surface area contributed by atoms with Crippen molar-refractivity contribution in [1.82, 2.24) is 10.2 Å². The van der Waals surface area contributed by atoms with E-state index in [1.807, 2.05) is 0 Å². The minimum atomic E-state index is -0.691. The molecule has 0 aliphatic carbocycles. The van der Waals surface area contributed by atoms with Gasteiger partial charge in [0.1, 0.15) is 0 Å². The van der Waals surface area contributed by atoms with E-state index in [0.29, 0.717) is 12.5 Å². The van der Waals surface area contributed by atoms with Crippen LogP contribution in [0.4, 0.5) is 0 Å². The van der Waals surface area contributed by atoms with Crippen LogP contribution in [-0.2, 0) is 4.79 Å². The SMILES string of the molecule is CC(CN(C)C)NCCCCCC(=O)O. The smallest absolute Gasteiger partial charge is 0.303 e. The first-order chi connectivity index (χ1) is 7.02. The van der Waals surface area contributed by atoms with Gasteiger partial charge in [0, 0.05) is 19.0 Å². The molecule has 0 aliphatic rings. The van der Waals surface area contributed by atoms with E-state index in [-0.39, 0.29) is 0 Å². The van der Waals surface area contributed by atoms with E-state index < -0.39 is 5.97 Å². The maximum atomic E-state index is 10.2. The van der Waals surface area contributed by atoms with Crippen LogP contribution < -0.4 is 5.32 Å². The van der Waals surface area contributed by atoms with Gasteiger partial charge in [0.15, 0.2) is 0 Å². The Kier molecular flexibility index (Phi) is 8.33. The van der Waals surface area contributed by atoms with E-state index in [0.717, 1.165) is 32.4 Å². The molecule has 0 saturated heterocycles. The van der Waals surface area contributed by atoms with Crippen molar-refractivity contribution in [3.05, 3.63) is 0 Å². The van der Waals surface area contributed by atoms with E-state index in [1.54, 1.807) is 0 Å². The van der Waals surface area contributed by atoms with Crippen LogP contribution in [0, 0.1) is 0 Å². The Morgan fingerprint density at radius 1 is 1.33 bits per heavy atom. The zero-order chi connectivity index (χ0) is 11.7. The third-order valence-corrected chi connectivity index (χ3v) is 2.20. The number of rotatable bonds is 9. The number of nitrogens with zero attached hydrogens (tertiary/aromatic N) is 1. The molecule has 2 N–H and O–H groups in total. The molecule has 0 heterocycles. The lowest BCUT2D eigenvalue weighted by Gasteiger charge is -2.18. The number of carboxylic acids is 1. The molecule has 15 heavy (non-hydrogen) atoms. The van der Waals surface area contributed by atoms with Gasteiger partial charge in [0.2, 0.25) is 0 Å². The molecule has 0 rings (SSSR count). The number of hydrogen-bond acceptors (Lipinski definition) is 3. The van der Waals surface area contributed by atoms with E-state index in [2.05, 4.69) is 31.2 Å². The van der Waals surface area contributed by atoms with Gasteiger partial charge in [0.05, 0.1) is 0 Å². The molecule has 0 radical (unpaired) electrons. The van der Waals surface area contributed by atoms with Crippen LogP contribution in [0.1, 0.15) is 32.6 Å². The van der Waals surface area contributed by atoms with Gasteiger partial charge in [-0.15, -0.1) is 0 Å². The molecule has 0 aromatic carbocycles. The number of likely N-dealkylation sites (N-methyl/N-ethyl adjacent to an activating group) is 1. The summed E-state index contributed by atoms with van der Waals surface area (Å²) in [7, 11) is 4.12. The molecule has 0 fully saturated rings. The Hall–Kier alpha value is -0.610. The van der Waals surface area contributed by atoms with Gasteiger partial charge in [-0.1, -0.05) is 6.42 Å². The van der Waals surface area contributed by atoms with Gasteiger partial charge in [0.25, 0.3) is 0 Å². The molecule has 1 atom stereocenters. The minimum absolute atomic E-state index is 0.299. The fraction of sp³-hybridized carbons (Fsp3) is 0.909. The summed E-state index contributed by atoms with van der Waals surface area (Å²) in [5.41, 5.74) is 0. The zero-order valence-corrected chi connectivity index (χ0v) is 10.1. The van der Waals surface area contributed by atoms with Crippen molar-refractivity contribution >= 4 is 5.97 Å². The maximum Gasteiger partial charge on any atom is 0.303 e. The van der Waals surface area contributed by atoms with Gasteiger partial charge < -0.3 is 15.3 Å². The molecule has 1 unspecified atom stereocenters. The molecule has 0 saturated carbocycles. The van der Waals surface area contributed by atoms with Crippen LogP contribution in [0.3, 0.4) is 0 Å². The van der Waals surface area contributed by atoms with E-state index in [4.69, 9.17) is 5.11 Å². The van der Waals surface area contributed by atoms with Crippen molar-refractivity contribution in [1.29, 1.82) is 0 Å². The number of carboxylic acid groups (broad SMARTS) is 1. The Morgan fingerprint density at radius 3 is 2.53 bits per heavy atom. The number of carbonyl (C=O) groups is 1. The second-order valence-electron chi connectivity index (χ2n) is 4.32. The standard InChI is InChI=1S/C11H24N2O2/c1-10(9-13(2)3)12-8-6-4-5-7-11(14)15/h10,12H,4-9H2,1-3H3,(H,14,15). The van der Waals surface area contributed by atoms with Crippen LogP contribution >= 0.6 is 0 Å². The highest BCUT2D eigenvalue weighted by atomic mass is 16.4. The molecule has 90 valence electrons. The first-order valence-electron chi connectivity index (χ1n) is 5.62. The van der Waals surface area contributed by atoms with Gasteiger partial charge in [-0.2, -0.15) is 0 Å². The van der Waals surface area contributed by atoms with Gasteiger partial charge in [-0.25, -0.2) is 0 Å². The number of hydrogen-bond donors (Lipinski definition) is 2. The summed E-state index contributed by atoms with van der Waals surface area (Å²) in [4.78, 5) is 12.4. The van der Waals surface area contributed by atoms with Crippen molar-refractivity contribution < 1.29 is 9.90 Å². The Balaban J connectivity index is 3.20. The quantitative estimate of drug-likeness (QED) is 0.568. The monoisotopic (exact) mass is 216 g/mol. The predicted octanol–water partition coefficient (Wildman–Crippen LogP) is 1.17. The fourth-order valence-corrected chi connectivity index (χ4v) is 1.54. The lowest BCUT2D eigenvalue weighted by Crippen LogP contribution is -2.36. The molecule has 0 spiro atoms. The zero-order valence-electron chi connectivity index (χ0n) is 10.1. The van der Waals surface area contributed by atoms with Crippen LogP contribution in [0.2, 0.25) is 0 Å². The predicted molar refractivity (Wildman–Crippen MR) is 62.1 cm³/mol. The molecule has 0 aliphatic heterocycles. The van der Waals surface area contributed by atoms with Crippen molar-refractivity contribution in [2.24, 2.45) is 0 Å². The normalized spacial score (nSPS) is 13.1. The molecule has 0 aromatic heterocycles. The van der Waals surface area contributed by atoms with Crippen molar-refractivity contribution in [2.75, 3.05) is 27.2 Å². The highest BCUT2D eigenvalue weighted by molar-refractivity contribution is 5.66. The maximum absolute atomic E-state index is 10.2. The van der Waals surface area contributed by atoms with E-state index in [1.165, 1.54) is 0 Å². The number of unbranched alkanes of at least 4 members (excludes halogenated alkanes) is 2. The molecule has 0 amide bonds. The minimum Gasteiger partial charge on any atom is -0.481 e. The summed E-state index contributed by atoms with van der Waals surface area (Å²) in [6.07, 6.45) is 3.14. The summed E-state index contributed by atoms with van der Waals surface area (Å²) >= 11 is 0. The second-order valence-corrected chi connectivity index (χ2v) is 4.32. The van der Waals surface area contributed by atoms with Gasteiger partial charge in [-0.3, -0.25) is 4.79 Å². The number of nitrogens with one attached hydrogen (secondary N) is 1. The lowest BCUT2D eigenvalue weighted by atomic mass is 10.2. The van der Waals surface area contributed by atoms with Crippen LogP contribution in [0.15, 0.2) is 0 Å². The van der Waals surface area contributed by atoms with Crippen LogP contribution in [0.5, 0.6) is 0 Å². The average molecular weight is 216 g/mol. The van der Waals surface area contributed by atoms with Crippen molar-refractivity contribution in [2.45, 2.75) is 38.6 Å². The Morgan fingerprint density at radius 2 is 2.00 bits per heavy atom. The topological polar surface area (TPSA) is 52.6 Å². The third kappa shape index (κ3) is 11.3. The summed E-state index contributed by atoms with van der Waals surface area (Å²) in [6, 6.07) is 0.500. The first-order valence-corrected chi connectivity index (χ1v) is 5.62. The highest BCUT2D eigenvalue weighted by Gasteiger charge is 2.01. The molecular weight excluding hydrogens is 192 g/mol. The van der Waals surface area contributed by atoms with Crippen LogP contribution in [0.25, 0.3) is 0 Å². The Labute approximate surface area is 92.7 Å². The molecular formula is C11H24N2O2. The van der Waals surface area contributed by atoms with E-state index in [9.17, 15) is 4.79 Å². The van der Waals surface area contributed by atoms with Crippen molar-refractivity contribution in [3.63, 3.8) is 0 Å². The molecule has 0 bridgehead atoms. The highest BCUT2D eigenvalue weighted by Crippen LogP contribution is 1.98. The Bertz CT molecular complexity index is 172. The average Bonchev–Trinajstić information content (AvgIpc) is 2.09. The largest absolute Gasteiger partial charge is 0.481 e. The summed E-state index contributed by atoms with van der Waals surface area (Å²) in [6.45, 7) is 4.18. The summed E-state index contributed by atoms with van der Waals surface area (Å²) in [5.74, 6) is -0.691. The van der Waals surface area contributed by atoms with Crippen molar-refractivity contribution in [3.8, 4) is 0 Å². The molecule has 0 aromatic rings. The third-order valence-electron chi connectivity index (χ3n) is 2.20. The summed E-state index contributed by atoms with van der Waals surface area (Å²) < 4.78 is 0.